The number of rotatable bonds is 10. The Bertz CT molecular complexity index is 1210. The van der Waals surface area contributed by atoms with Gasteiger partial charge in [-0.3, -0.25) is 19.7 Å². The van der Waals surface area contributed by atoms with Crippen molar-refractivity contribution in [1.29, 1.82) is 0 Å². The number of aromatic nitrogens is 3. The number of para-hydroxylation sites is 1. The first kappa shape index (κ1) is 24.9. The molecule has 0 fully saturated rings. The molecule has 1 heterocycles. The van der Waals surface area contributed by atoms with Crippen molar-refractivity contribution in [2.24, 2.45) is 0 Å². The number of nitrogens with zero attached hydrogens (tertiary/aromatic N) is 4. The van der Waals surface area contributed by atoms with E-state index in [0.717, 1.165) is 23.2 Å². The lowest BCUT2D eigenvalue weighted by molar-refractivity contribution is -0.384. The number of anilines is 2. The van der Waals surface area contributed by atoms with Crippen LogP contribution >= 0.6 is 11.8 Å². The number of non-ortho nitro benzene ring substituents is 1. The molecule has 2 aromatic carbocycles. The van der Waals surface area contributed by atoms with E-state index in [0.29, 0.717) is 23.2 Å². The van der Waals surface area contributed by atoms with Crippen LogP contribution in [0, 0.1) is 17.0 Å². The molecule has 0 bridgehead atoms. The third-order valence-corrected chi connectivity index (χ3v) is 6.11. The predicted molar refractivity (Wildman–Crippen MR) is 131 cm³/mol. The van der Waals surface area contributed by atoms with Gasteiger partial charge in [-0.05, 0) is 37.5 Å². The van der Waals surface area contributed by atoms with Crippen molar-refractivity contribution in [1.82, 2.24) is 14.8 Å². The van der Waals surface area contributed by atoms with Crippen LogP contribution in [-0.2, 0) is 29.0 Å². The number of nitrogens with one attached hydrogen (secondary N) is 2. The molecule has 0 spiro atoms. The van der Waals surface area contributed by atoms with Crippen molar-refractivity contribution < 1.29 is 14.5 Å². The number of carbonyl (C=O) groups is 2. The molecule has 34 heavy (non-hydrogen) atoms. The summed E-state index contributed by atoms with van der Waals surface area (Å²) in [6.07, 6.45) is 0.860. The summed E-state index contributed by atoms with van der Waals surface area (Å²) in [5.41, 5.74) is 2.85. The predicted octanol–water partition coefficient (Wildman–Crippen LogP) is 3.99. The number of benzene rings is 2. The Balaban J connectivity index is 1.62. The Morgan fingerprint density at radius 2 is 1.79 bits per heavy atom. The van der Waals surface area contributed by atoms with E-state index in [4.69, 9.17) is 0 Å². The molecule has 11 heteroatoms. The van der Waals surface area contributed by atoms with Gasteiger partial charge in [0, 0.05) is 24.4 Å². The zero-order valence-electron chi connectivity index (χ0n) is 19.2. The van der Waals surface area contributed by atoms with E-state index in [1.54, 1.807) is 17.6 Å². The lowest BCUT2D eigenvalue weighted by atomic mass is 10.1. The van der Waals surface area contributed by atoms with Gasteiger partial charge in [-0.2, -0.15) is 0 Å². The molecule has 2 amide bonds. The molecule has 0 aliphatic carbocycles. The summed E-state index contributed by atoms with van der Waals surface area (Å²) in [4.78, 5) is 35.5. The Morgan fingerprint density at radius 1 is 1.06 bits per heavy atom. The topological polar surface area (TPSA) is 132 Å². The Morgan fingerprint density at radius 3 is 2.50 bits per heavy atom. The number of aryl methyl sites for hydroxylation is 2. The third-order valence-electron chi connectivity index (χ3n) is 5.14. The number of nitro benzene ring substituents is 1. The molecule has 3 rings (SSSR count). The molecule has 0 aliphatic rings. The van der Waals surface area contributed by atoms with Gasteiger partial charge < -0.3 is 15.2 Å². The number of thioether (sulfide) groups is 1. The van der Waals surface area contributed by atoms with Gasteiger partial charge in [0.25, 0.3) is 5.69 Å². The lowest BCUT2D eigenvalue weighted by Gasteiger charge is -2.11. The number of nitro groups is 1. The maximum Gasteiger partial charge on any atom is 0.271 e. The maximum atomic E-state index is 12.6. The first-order chi connectivity index (χ1) is 16.3. The van der Waals surface area contributed by atoms with Crippen molar-refractivity contribution in [3.8, 4) is 0 Å². The first-order valence-corrected chi connectivity index (χ1v) is 11.8. The highest BCUT2D eigenvalue weighted by Gasteiger charge is 2.17. The van der Waals surface area contributed by atoms with E-state index in [1.165, 1.54) is 23.9 Å². The highest BCUT2D eigenvalue weighted by atomic mass is 32.2. The van der Waals surface area contributed by atoms with Gasteiger partial charge in [0.15, 0.2) is 5.16 Å². The van der Waals surface area contributed by atoms with Crippen molar-refractivity contribution in [2.75, 3.05) is 16.4 Å². The Labute approximate surface area is 201 Å². The molecule has 178 valence electrons. The van der Waals surface area contributed by atoms with Gasteiger partial charge in [0.2, 0.25) is 11.8 Å². The molecule has 0 radical (unpaired) electrons. The van der Waals surface area contributed by atoms with Gasteiger partial charge >= 0.3 is 0 Å². The van der Waals surface area contributed by atoms with Gasteiger partial charge in [-0.1, -0.05) is 43.0 Å². The quantitative estimate of drug-likeness (QED) is 0.254. The summed E-state index contributed by atoms with van der Waals surface area (Å²) < 4.78 is 1.79. The number of carbonyl (C=O) groups excluding carboxylic acids is 2. The minimum absolute atomic E-state index is 0.0380. The zero-order chi connectivity index (χ0) is 24.7. The molecule has 1 aromatic heterocycles. The van der Waals surface area contributed by atoms with Gasteiger partial charge in [-0.15, -0.1) is 10.2 Å². The molecular formula is C23H26N6O4S. The summed E-state index contributed by atoms with van der Waals surface area (Å²) in [5.74, 6) is 0.0237. The smallest absolute Gasteiger partial charge is 0.271 e. The van der Waals surface area contributed by atoms with Crippen LogP contribution in [0.1, 0.15) is 30.8 Å². The highest BCUT2D eigenvalue weighted by Crippen LogP contribution is 2.23. The molecule has 0 unspecified atom stereocenters. The zero-order valence-corrected chi connectivity index (χ0v) is 20.0. The molecule has 10 nitrogen and oxygen atoms in total. The number of hydrogen-bond acceptors (Lipinski definition) is 7. The summed E-state index contributed by atoms with van der Waals surface area (Å²) in [5, 5.41) is 25.4. The fourth-order valence-corrected chi connectivity index (χ4v) is 4.16. The second-order valence-electron chi connectivity index (χ2n) is 7.47. The van der Waals surface area contributed by atoms with E-state index < -0.39 is 4.92 Å². The highest BCUT2D eigenvalue weighted by molar-refractivity contribution is 7.99. The average Bonchev–Trinajstić information content (AvgIpc) is 3.20. The Kier molecular flexibility index (Phi) is 8.36. The van der Waals surface area contributed by atoms with Crippen molar-refractivity contribution in [3.05, 3.63) is 69.5 Å². The third kappa shape index (κ3) is 6.19. The summed E-state index contributed by atoms with van der Waals surface area (Å²) in [6, 6.07) is 12.0. The van der Waals surface area contributed by atoms with Gasteiger partial charge in [0.1, 0.15) is 5.82 Å². The molecule has 0 aliphatic heterocycles. The maximum absolute atomic E-state index is 12.6. The van der Waals surface area contributed by atoms with Crippen LogP contribution in [0.25, 0.3) is 0 Å². The standard InChI is InChI=1S/C23H26N6O4S/c1-4-16-8-6-7-9-18(16)24-21(30)13-20-26-27-23(28(20)5-2)34-14-22(31)25-19-12-17(29(32)33)11-10-15(19)3/h6-12H,4-5,13-14H2,1-3H3,(H,24,30)(H,25,31). The lowest BCUT2D eigenvalue weighted by Crippen LogP contribution is -2.19. The minimum Gasteiger partial charge on any atom is -0.325 e. The van der Waals surface area contributed by atoms with Crippen LogP contribution in [0.15, 0.2) is 47.6 Å². The molecule has 0 saturated heterocycles. The van der Waals surface area contributed by atoms with Crippen molar-refractivity contribution in [2.45, 2.75) is 45.3 Å². The molecule has 0 atom stereocenters. The Hall–Kier alpha value is -3.73. The fourth-order valence-electron chi connectivity index (χ4n) is 3.34. The first-order valence-electron chi connectivity index (χ1n) is 10.8. The van der Waals surface area contributed by atoms with Crippen LogP contribution in [0.5, 0.6) is 0 Å². The molecular weight excluding hydrogens is 456 g/mol. The van der Waals surface area contributed by atoms with E-state index >= 15 is 0 Å². The fraction of sp³-hybridized carbons (Fsp3) is 0.304. The van der Waals surface area contributed by atoms with Crippen LogP contribution < -0.4 is 10.6 Å². The summed E-state index contributed by atoms with van der Waals surface area (Å²) in [7, 11) is 0. The minimum atomic E-state index is -0.508. The number of amides is 2. The van der Waals surface area contributed by atoms with Crippen LogP contribution in [-0.4, -0.2) is 37.3 Å². The SMILES string of the molecule is CCc1ccccc1NC(=O)Cc1nnc(SCC(=O)Nc2cc([N+](=O)[O-])ccc2C)n1CC. The van der Waals surface area contributed by atoms with Crippen LogP contribution in [0.4, 0.5) is 17.1 Å². The number of hydrogen-bond donors (Lipinski definition) is 2. The summed E-state index contributed by atoms with van der Waals surface area (Å²) in [6.45, 7) is 6.23. The molecule has 0 saturated carbocycles. The van der Waals surface area contributed by atoms with Gasteiger partial charge in [-0.25, -0.2) is 0 Å². The normalized spacial score (nSPS) is 10.7. The van der Waals surface area contributed by atoms with E-state index in [-0.39, 0.29) is 29.7 Å². The van der Waals surface area contributed by atoms with E-state index in [9.17, 15) is 19.7 Å². The monoisotopic (exact) mass is 482 g/mol. The van der Waals surface area contributed by atoms with Gasteiger partial charge in [0.05, 0.1) is 22.8 Å². The van der Waals surface area contributed by atoms with E-state index in [2.05, 4.69) is 20.8 Å². The van der Waals surface area contributed by atoms with Crippen LogP contribution in [0.3, 0.4) is 0 Å². The second kappa shape index (κ2) is 11.4. The average molecular weight is 483 g/mol. The molecule has 2 N–H and O–H groups in total. The van der Waals surface area contributed by atoms with Crippen molar-refractivity contribution >= 4 is 40.6 Å². The summed E-state index contributed by atoms with van der Waals surface area (Å²) >= 11 is 1.19. The van der Waals surface area contributed by atoms with E-state index in [1.807, 2.05) is 38.1 Å². The second-order valence-corrected chi connectivity index (χ2v) is 8.41. The van der Waals surface area contributed by atoms with Crippen LogP contribution in [0.2, 0.25) is 0 Å². The molecule has 3 aromatic rings. The largest absolute Gasteiger partial charge is 0.325 e. The van der Waals surface area contributed by atoms with Crippen molar-refractivity contribution in [3.63, 3.8) is 0 Å².